The third kappa shape index (κ3) is 2.78. The van der Waals surface area contributed by atoms with Gasteiger partial charge in [0, 0.05) is 18.8 Å². The molecule has 0 bridgehead atoms. The normalized spacial score (nSPS) is 20.0. The van der Waals surface area contributed by atoms with Gasteiger partial charge in [-0.3, -0.25) is 0 Å². The van der Waals surface area contributed by atoms with Crippen molar-refractivity contribution in [1.29, 1.82) is 0 Å². The number of halogens is 2. The lowest BCUT2D eigenvalue weighted by Gasteiger charge is -2.37. The van der Waals surface area contributed by atoms with Crippen molar-refractivity contribution >= 4 is 15.7 Å². The fourth-order valence-electron chi connectivity index (χ4n) is 2.53. The number of hydrogen-bond acceptors (Lipinski definition) is 3. The first-order valence-electron chi connectivity index (χ1n) is 6.38. The maximum absolute atomic E-state index is 13.8. The maximum atomic E-state index is 13.8. The highest BCUT2D eigenvalue weighted by Crippen LogP contribution is 2.33. The standard InChI is InChI=1S/C13H18F2N2O2S/c1-13(2)4-3-5-17(8-13)20(18,19)12-10(14)6-9(16)7-11(12)15/h6-7H,3-5,8,16H2,1-2H3. The maximum Gasteiger partial charge on any atom is 0.248 e. The van der Waals surface area contributed by atoms with E-state index in [4.69, 9.17) is 5.73 Å². The number of nitrogen functional groups attached to an aromatic ring is 1. The molecular formula is C13H18F2N2O2S. The van der Waals surface area contributed by atoms with E-state index < -0.39 is 26.6 Å². The van der Waals surface area contributed by atoms with Crippen LogP contribution >= 0.6 is 0 Å². The molecule has 20 heavy (non-hydrogen) atoms. The third-order valence-corrected chi connectivity index (χ3v) is 5.38. The zero-order valence-electron chi connectivity index (χ0n) is 11.5. The van der Waals surface area contributed by atoms with Gasteiger partial charge in [-0.2, -0.15) is 4.31 Å². The third-order valence-electron chi connectivity index (χ3n) is 3.48. The van der Waals surface area contributed by atoms with Crippen molar-refractivity contribution < 1.29 is 17.2 Å². The minimum Gasteiger partial charge on any atom is -0.399 e. The Morgan fingerprint density at radius 2 is 1.80 bits per heavy atom. The lowest BCUT2D eigenvalue weighted by Crippen LogP contribution is -2.44. The minimum absolute atomic E-state index is 0.141. The van der Waals surface area contributed by atoms with Crippen molar-refractivity contribution in [2.75, 3.05) is 18.8 Å². The summed E-state index contributed by atoms with van der Waals surface area (Å²) in [6.45, 7) is 4.39. The van der Waals surface area contributed by atoms with E-state index in [0.717, 1.165) is 22.9 Å². The second-order valence-electron chi connectivity index (χ2n) is 5.92. The predicted octanol–water partition coefficient (Wildman–Crippen LogP) is 2.36. The van der Waals surface area contributed by atoms with Gasteiger partial charge in [-0.15, -0.1) is 0 Å². The smallest absolute Gasteiger partial charge is 0.248 e. The molecule has 0 aliphatic carbocycles. The van der Waals surface area contributed by atoms with E-state index in [1.54, 1.807) is 0 Å². The second-order valence-corrected chi connectivity index (χ2v) is 7.79. The number of nitrogens with zero attached hydrogens (tertiary/aromatic N) is 1. The van der Waals surface area contributed by atoms with Gasteiger partial charge in [0.1, 0.15) is 11.6 Å². The molecule has 0 unspecified atom stereocenters. The number of anilines is 1. The van der Waals surface area contributed by atoms with E-state index in [1.165, 1.54) is 0 Å². The Labute approximate surface area is 117 Å². The number of sulfonamides is 1. The second kappa shape index (κ2) is 4.96. The molecule has 0 radical (unpaired) electrons. The quantitative estimate of drug-likeness (QED) is 0.853. The van der Waals surface area contributed by atoms with Crippen molar-refractivity contribution in [1.82, 2.24) is 4.31 Å². The number of nitrogens with two attached hydrogens (primary N) is 1. The SMILES string of the molecule is CC1(C)CCCN(S(=O)(=O)c2c(F)cc(N)cc2F)C1. The Morgan fingerprint density at radius 3 is 2.30 bits per heavy atom. The molecule has 0 atom stereocenters. The number of rotatable bonds is 2. The Balaban J connectivity index is 2.46. The van der Waals surface area contributed by atoms with Crippen LogP contribution in [0.3, 0.4) is 0 Å². The molecule has 112 valence electrons. The highest BCUT2D eigenvalue weighted by Gasteiger charge is 2.37. The van der Waals surface area contributed by atoms with E-state index in [2.05, 4.69) is 0 Å². The van der Waals surface area contributed by atoms with Crippen LogP contribution in [0, 0.1) is 17.0 Å². The molecular weight excluding hydrogens is 286 g/mol. The van der Waals surface area contributed by atoms with Crippen molar-refractivity contribution in [2.24, 2.45) is 5.41 Å². The summed E-state index contributed by atoms with van der Waals surface area (Å²) in [6, 6.07) is 1.65. The largest absolute Gasteiger partial charge is 0.399 e. The van der Waals surface area contributed by atoms with Crippen LogP contribution in [-0.2, 0) is 10.0 Å². The van der Waals surface area contributed by atoms with E-state index in [-0.39, 0.29) is 24.2 Å². The zero-order chi connectivity index (χ0) is 15.1. The predicted molar refractivity (Wildman–Crippen MR) is 72.5 cm³/mol. The minimum atomic E-state index is -4.18. The Bertz CT molecular complexity index is 606. The van der Waals surface area contributed by atoms with Gasteiger partial charge in [0.15, 0.2) is 4.90 Å². The van der Waals surface area contributed by atoms with Crippen molar-refractivity contribution in [2.45, 2.75) is 31.6 Å². The van der Waals surface area contributed by atoms with Crippen LogP contribution in [0.4, 0.5) is 14.5 Å². The van der Waals surface area contributed by atoms with Gasteiger partial charge in [0.25, 0.3) is 0 Å². The molecule has 1 heterocycles. The molecule has 4 nitrogen and oxygen atoms in total. The number of piperidine rings is 1. The van der Waals surface area contributed by atoms with Crippen LogP contribution in [0.2, 0.25) is 0 Å². The highest BCUT2D eigenvalue weighted by molar-refractivity contribution is 7.89. The van der Waals surface area contributed by atoms with Crippen LogP contribution in [0.15, 0.2) is 17.0 Å². The fraction of sp³-hybridized carbons (Fsp3) is 0.538. The zero-order valence-corrected chi connectivity index (χ0v) is 12.3. The number of hydrogen-bond donors (Lipinski definition) is 1. The molecule has 2 rings (SSSR count). The molecule has 0 saturated carbocycles. The van der Waals surface area contributed by atoms with Gasteiger partial charge in [0.05, 0.1) is 0 Å². The fourth-order valence-corrected chi connectivity index (χ4v) is 4.29. The summed E-state index contributed by atoms with van der Waals surface area (Å²) < 4.78 is 53.7. The molecule has 1 fully saturated rings. The van der Waals surface area contributed by atoms with E-state index in [0.29, 0.717) is 6.42 Å². The molecule has 1 aromatic carbocycles. The summed E-state index contributed by atoms with van der Waals surface area (Å²) in [7, 11) is -4.18. The Hall–Kier alpha value is -1.21. The van der Waals surface area contributed by atoms with Crippen LogP contribution in [0.5, 0.6) is 0 Å². The van der Waals surface area contributed by atoms with Crippen molar-refractivity contribution in [3.05, 3.63) is 23.8 Å². The van der Waals surface area contributed by atoms with Crippen LogP contribution in [-0.4, -0.2) is 25.8 Å². The van der Waals surface area contributed by atoms with Gasteiger partial charge in [0.2, 0.25) is 10.0 Å². The molecule has 7 heteroatoms. The summed E-state index contributed by atoms with van der Waals surface area (Å²) in [4.78, 5) is -0.913. The van der Waals surface area contributed by atoms with Crippen molar-refractivity contribution in [3.63, 3.8) is 0 Å². The Kier molecular flexibility index (Phi) is 3.77. The van der Waals surface area contributed by atoms with Crippen LogP contribution in [0.25, 0.3) is 0 Å². The first-order chi connectivity index (χ1) is 9.13. The summed E-state index contributed by atoms with van der Waals surface area (Å²) in [5.74, 6) is -2.29. The lowest BCUT2D eigenvalue weighted by molar-refractivity contribution is 0.186. The topological polar surface area (TPSA) is 63.4 Å². The Morgan fingerprint density at radius 1 is 1.25 bits per heavy atom. The lowest BCUT2D eigenvalue weighted by atomic mass is 9.85. The molecule has 0 aromatic heterocycles. The van der Waals surface area contributed by atoms with Gasteiger partial charge in [-0.05, 0) is 30.4 Å². The summed E-state index contributed by atoms with van der Waals surface area (Å²) in [5.41, 5.74) is 4.96. The molecule has 1 saturated heterocycles. The van der Waals surface area contributed by atoms with Gasteiger partial charge in [-0.25, -0.2) is 17.2 Å². The summed E-state index contributed by atoms with van der Waals surface area (Å²) in [5, 5.41) is 0. The highest BCUT2D eigenvalue weighted by atomic mass is 32.2. The summed E-state index contributed by atoms with van der Waals surface area (Å²) in [6.07, 6.45) is 1.55. The van der Waals surface area contributed by atoms with E-state index >= 15 is 0 Å². The number of benzene rings is 1. The molecule has 1 aliphatic rings. The molecule has 0 spiro atoms. The van der Waals surface area contributed by atoms with Gasteiger partial charge in [-0.1, -0.05) is 13.8 Å². The molecule has 1 aromatic rings. The monoisotopic (exact) mass is 304 g/mol. The van der Waals surface area contributed by atoms with Gasteiger partial charge >= 0.3 is 0 Å². The first kappa shape index (κ1) is 15.2. The average molecular weight is 304 g/mol. The molecule has 0 amide bonds. The molecule has 2 N–H and O–H groups in total. The summed E-state index contributed by atoms with van der Waals surface area (Å²) >= 11 is 0. The van der Waals surface area contributed by atoms with E-state index in [9.17, 15) is 17.2 Å². The first-order valence-corrected chi connectivity index (χ1v) is 7.82. The van der Waals surface area contributed by atoms with Gasteiger partial charge < -0.3 is 5.73 Å². The van der Waals surface area contributed by atoms with E-state index in [1.807, 2.05) is 13.8 Å². The van der Waals surface area contributed by atoms with Crippen molar-refractivity contribution in [3.8, 4) is 0 Å². The average Bonchev–Trinajstić information content (AvgIpc) is 2.25. The van der Waals surface area contributed by atoms with Crippen LogP contribution < -0.4 is 5.73 Å². The molecule has 1 aliphatic heterocycles. The van der Waals surface area contributed by atoms with Crippen LogP contribution in [0.1, 0.15) is 26.7 Å².